The van der Waals surface area contributed by atoms with Crippen LogP contribution in [0.1, 0.15) is 37.8 Å². The molecule has 0 aliphatic carbocycles. The molecule has 2 rings (SSSR count). The van der Waals surface area contributed by atoms with Crippen LogP contribution in [0.4, 0.5) is 0 Å². The van der Waals surface area contributed by atoms with Gasteiger partial charge in [0.05, 0.1) is 0 Å². The van der Waals surface area contributed by atoms with Crippen LogP contribution in [0.5, 0.6) is 0 Å². The van der Waals surface area contributed by atoms with Crippen molar-refractivity contribution >= 4 is 10.2 Å². The Balaban J connectivity index is 1.91. The smallest absolute Gasteiger partial charge is 0.274 e. The number of nitrogens with two attached hydrogens (primary N) is 1. The summed E-state index contributed by atoms with van der Waals surface area (Å²) < 4.78 is 24.6. The summed E-state index contributed by atoms with van der Waals surface area (Å²) in [5.41, 5.74) is 2.80. The molecular formula is C16H27N3O2S. The van der Waals surface area contributed by atoms with Crippen LogP contribution >= 0.6 is 0 Å². The summed E-state index contributed by atoms with van der Waals surface area (Å²) in [6.07, 6.45) is 2.71. The molecule has 1 fully saturated rings. The van der Waals surface area contributed by atoms with Gasteiger partial charge in [-0.05, 0) is 36.3 Å². The molecule has 0 unspecified atom stereocenters. The van der Waals surface area contributed by atoms with E-state index in [9.17, 15) is 8.42 Å². The van der Waals surface area contributed by atoms with Crippen molar-refractivity contribution in [3.05, 3.63) is 35.4 Å². The van der Waals surface area contributed by atoms with Crippen molar-refractivity contribution in [2.24, 2.45) is 11.1 Å². The zero-order valence-electron chi connectivity index (χ0n) is 13.5. The third kappa shape index (κ3) is 5.68. The molecular weight excluding hydrogens is 298 g/mol. The fraction of sp³-hybridized carbons (Fsp3) is 0.625. The highest BCUT2D eigenvalue weighted by Gasteiger charge is 2.22. The summed E-state index contributed by atoms with van der Waals surface area (Å²) >= 11 is 0. The first-order chi connectivity index (χ1) is 10.3. The first-order valence-corrected chi connectivity index (χ1v) is 9.47. The van der Waals surface area contributed by atoms with E-state index in [0.717, 1.165) is 38.9 Å². The van der Waals surface area contributed by atoms with Crippen LogP contribution in [0.25, 0.3) is 0 Å². The Morgan fingerprint density at radius 2 is 1.82 bits per heavy atom. The van der Waals surface area contributed by atoms with Crippen molar-refractivity contribution in [3.8, 4) is 0 Å². The normalized spacial score (nSPS) is 18.0. The molecule has 22 heavy (non-hydrogen) atoms. The largest absolute Gasteiger partial charge is 0.299 e. The molecule has 124 valence electrons. The highest BCUT2D eigenvalue weighted by molar-refractivity contribution is 7.87. The average molecular weight is 325 g/mol. The van der Waals surface area contributed by atoms with Crippen LogP contribution in [0.15, 0.2) is 24.3 Å². The molecule has 1 aromatic rings. The van der Waals surface area contributed by atoms with Gasteiger partial charge in [0, 0.05) is 25.7 Å². The summed E-state index contributed by atoms with van der Waals surface area (Å²) in [6, 6.07) is 8.58. The lowest BCUT2D eigenvalue weighted by Gasteiger charge is -2.32. The lowest BCUT2D eigenvalue weighted by atomic mass is 9.97. The Labute approximate surface area is 134 Å². The van der Waals surface area contributed by atoms with Gasteiger partial charge in [0.25, 0.3) is 10.2 Å². The predicted octanol–water partition coefficient (Wildman–Crippen LogP) is 1.64. The first kappa shape index (κ1) is 17.4. The maximum absolute atomic E-state index is 11.1. The van der Waals surface area contributed by atoms with E-state index in [1.54, 1.807) is 0 Å². The number of hydrogen-bond acceptors (Lipinski definition) is 3. The van der Waals surface area contributed by atoms with E-state index in [1.807, 2.05) is 0 Å². The molecule has 1 aromatic carbocycles. The second kappa shape index (κ2) is 7.55. The van der Waals surface area contributed by atoms with Crippen molar-refractivity contribution in [3.63, 3.8) is 0 Å². The molecule has 0 bridgehead atoms. The summed E-state index contributed by atoms with van der Waals surface area (Å²) in [4.78, 5) is 2.39. The Morgan fingerprint density at radius 1 is 1.23 bits per heavy atom. The summed E-state index contributed by atoms with van der Waals surface area (Å²) in [6.45, 7) is 7.19. The van der Waals surface area contributed by atoms with E-state index >= 15 is 0 Å². The summed E-state index contributed by atoms with van der Waals surface area (Å²) in [7, 11) is -3.59. The van der Waals surface area contributed by atoms with E-state index in [4.69, 9.17) is 5.14 Å². The van der Waals surface area contributed by atoms with Crippen LogP contribution in [-0.2, 0) is 23.2 Å². The van der Waals surface area contributed by atoms with E-state index < -0.39 is 10.2 Å². The SMILES string of the molecule is CC(C)Cc1ccccc1CN1CCC(NS(N)(=O)=O)CC1. The van der Waals surface area contributed by atoms with Gasteiger partial charge in [0.15, 0.2) is 0 Å². The van der Waals surface area contributed by atoms with Gasteiger partial charge in [-0.25, -0.2) is 5.14 Å². The monoisotopic (exact) mass is 325 g/mol. The average Bonchev–Trinajstić information content (AvgIpc) is 2.41. The highest BCUT2D eigenvalue weighted by Crippen LogP contribution is 2.19. The lowest BCUT2D eigenvalue weighted by molar-refractivity contribution is 0.199. The molecule has 0 atom stereocenters. The van der Waals surface area contributed by atoms with Crippen molar-refractivity contribution in [2.75, 3.05) is 13.1 Å². The number of hydrogen-bond donors (Lipinski definition) is 2. The number of benzene rings is 1. The third-order valence-corrected chi connectivity index (χ3v) is 4.72. The van der Waals surface area contributed by atoms with Gasteiger partial charge in [0.1, 0.15) is 0 Å². The standard InChI is InChI=1S/C16H27N3O2S/c1-13(2)11-14-5-3-4-6-15(14)12-19-9-7-16(8-10-19)18-22(17,20)21/h3-6,13,16,18H,7-12H2,1-2H3,(H2,17,20,21). The zero-order valence-corrected chi connectivity index (χ0v) is 14.3. The van der Waals surface area contributed by atoms with Crippen molar-refractivity contribution in [2.45, 2.75) is 45.7 Å². The van der Waals surface area contributed by atoms with Crippen molar-refractivity contribution < 1.29 is 8.42 Å². The molecule has 3 N–H and O–H groups in total. The first-order valence-electron chi connectivity index (χ1n) is 7.92. The van der Waals surface area contributed by atoms with E-state index in [-0.39, 0.29) is 6.04 Å². The molecule has 1 aliphatic rings. The summed E-state index contributed by atoms with van der Waals surface area (Å²) in [5.74, 6) is 0.644. The summed E-state index contributed by atoms with van der Waals surface area (Å²) in [5, 5.41) is 5.04. The van der Waals surface area contributed by atoms with Crippen LogP contribution in [0.2, 0.25) is 0 Å². The van der Waals surface area contributed by atoms with Gasteiger partial charge in [0.2, 0.25) is 0 Å². The minimum atomic E-state index is -3.59. The predicted molar refractivity (Wildman–Crippen MR) is 89.5 cm³/mol. The van der Waals surface area contributed by atoms with Gasteiger partial charge in [-0.15, -0.1) is 0 Å². The van der Waals surface area contributed by atoms with Gasteiger partial charge in [-0.3, -0.25) is 4.90 Å². The molecule has 1 aliphatic heterocycles. The van der Waals surface area contributed by atoms with Crippen molar-refractivity contribution in [1.82, 2.24) is 9.62 Å². The maximum Gasteiger partial charge on any atom is 0.274 e. The molecule has 5 nitrogen and oxygen atoms in total. The molecule has 6 heteroatoms. The highest BCUT2D eigenvalue weighted by atomic mass is 32.2. The van der Waals surface area contributed by atoms with E-state index in [1.165, 1.54) is 11.1 Å². The fourth-order valence-electron chi connectivity index (χ4n) is 3.03. The molecule has 0 amide bonds. The molecule has 0 radical (unpaired) electrons. The number of nitrogens with one attached hydrogen (secondary N) is 1. The maximum atomic E-state index is 11.1. The second-order valence-electron chi connectivity index (χ2n) is 6.58. The van der Waals surface area contributed by atoms with Crippen LogP contribution in [0, 0.1) is 5.92 Å². The molecule has 0 spiro atoms. The number of piperidine rings is 1. The number of rotatable bonds is 6. The molecule has 0 saturated carbocycles. The molecule has 1 heterocycles. The molecule has 1 saturated heterocycles. The number of nitrogens with zero attached hydrogens (tertiary/aromatic N) is 1. The van der Waals surface area contributed by atoms with Gasteiger partial charge in [-0.2, -0.15) is 13.1 Å². The van der Waals surface area contributed by atoms with E-state index in [0.29, 0.717) is 5.92 Å². The minimum absolute atomic E-state index is 0.0304. The number of likely N-dealkylation sites (tertiary alicyclic amines) is 1. The fourth-order valence-corrected chi connectivity index (χ4v) is 3.73. The zero-order chi connectivity index (χ0) is 16.2. The van der Waals surface area contributed by atoms with Crippen molar-refractivity contribution in [1.29, 1.82) is 0 Å². The van der Waals surface area contributed by atoms with Crippen LogP contribution in [0.3, 0.4) is 0 Å². The topological polar surface area (TPSA) is 75.4 Å². The quantitative estimate of drug-likeness (QED) is 0.835. The van der Waals surface area contributed by atoms with Crippen LogP contribution in [-0.4, -0.2) is 32.4 Å². The molecule has 0 aromatic heterocycles. The van der Waals surface area contributed by atoms with Gasteiger partial charge < -0.3 is 0 Å². The van der Waals surface area contributed by atoms with Gasteiger partial charge >= 0.3 is 0 Å². The Bertz CT molecular complexity index is 579. The van der Waals surface area contributed by atoms with Crippen LogP contribution < -0.4 is 9.86 Å². The lowest BCUT2D eigenvalue weighted by Crippen LogP contribution is -2.46. The minimum Gasteiger partial charge on any atom is -0.299 e. The van der Waals surface area contributed by atoms with Gasteiger partial charge in [-0.1, -0.05) is 38.1 Å². The Morgan fingerprint density at radius 3 is 2.36 bits per heavy atom. The third-order valence-electron chi connectivity index (χ3n) is 4.06. The van der Waals surface area contributed by atoms with E-state index in [2.05, 4.69) is 47.7 Å². The Hall–Kier alpha value is -0.950. The second-order valence-corrected chi connectivity index (χ2v) is 7.91. The Kier molecular flexibility index (Phi) is 5.97.